The van der Waals surface area contributed by atoms with E-state index in [0.717, 1.165) is 15.4 Å². The summed E-state index contributed by atoms with van der Waals surface area (Å²) < 4.78 is 36.2. The van der Waals surface area contributed by atoms with Gasteiger partial charge < -0.3 is 14.8 Å². The highest BCUT2D eigenvalue weighted by atomic mass is 32.2. The number of nitrogens with one attached hydrogen (secondary N) is 2. The fourth-order valence-corrected chi connectivity index (χ4v) is 3.80. The topological polar surface area (TPSA) is 114 Å². The Bertz CT molecular complexity index is 1040. The van der Waals surface area contributed by atoms with E-state index >= 15 is 0 Å². The number of nitrogens with zero attached hydrogens (tertiary/aromatic N) is 1. The summed E-state index contributed by atoms with van der Waals surface area (Å²) in [5.74, 6) is -0.519. The number of sulfonamides is 1. The standard InChI is InChI=1S/C21H27N3O6S/c1-15-8-9-19(12-16(15)2)31(27,28)24(3)14-20(25)22-17-6-5-7-18(13-17)23-21(26)30-11-10-29-4/h5-9,12-13H,10-11,14H2,1-4H3,(H,22,25)(H,23,26). The summed E-state index contributed by atoms with van der Waals surface area (Å²) in [5, 5.41) is 5.16. The van der Waals surface area contributed by atoms with Crippen LogP contribution in [-0.2, 0) is 24.3 Å². The normalized spacial score (nSPS) is 11.3. The second-order valence-electron chi connectivity index (χ2n) is 6.89. The molecule has 0 saturated heterocycles. The van der Waals surface area contributed by atoms with Crippen LogP contribution in [-0.4, -0.2) is 58.6 Å². The zero-order valence-electron chi connectivity index (χ0n) is 18.0. The lowest BCUT2D eigenvalue weighted by Gasteiger charge is -2.18. The van der Waals surface area contributed by atoms with Crippen LogP contribution in [0.5, 0.6) is 0 Å². The van der Waals surface area contributed by atoms with Crippen LogP contribution in [0.3, 0.4) is 0 Å². The van der Waals surface area contributed by atoms with Crippen LogP contribution in [0.4, 0.5) is 16.2 Å². The molecule has 9 nitrogen and oxygen atoms in total. The molecule has 2 aromatic carbocycles. The van der Waals surface area contributed by atoms with Crippen LogP contribution >= 0.6 is 0 Å². The van der Waals surface area contributed by atoms with Gasteiger partial charge in [0.15, 0.2) is 0 Å². The van der Waals surface area contributed by atoms with Crippen LogP contribution in [0, 0.1) is 13.8 Å². The van der Waals surface area contributed by atoms with Crippen molar-refractivity contribution < 1.29 is 27.5 Å². The Kier molecular flexibility index (Phi) is 8.55. The predicted molar refractivity (Wildman–Crippen MR) is 118 cm³/mol. The zero-order chi connectivity index (χ0) is 23.0. The highest BCUT2D eigenvalue weighted by Crippen LogP contribution is 2.19. The second kappa shape index (κ2) is 10.9. The minimum atomic E-state index is -3.81. The van der Waals surface area contributed by atoms with Crippen molar-refractivity contribution in [2.75, 3.05) is 44.5 Å². The lowest BCUT2D eigenvalue weighted by atomic mass is 10.1. The van der Waals surface area contributed by atoms with Crippen molar-refractivity contribution in [1.82, 2.24) is 4.31 Å². The minimum absolute atomic E-state index is 0.111. The first kappa shape index (κ1) is 24.3. The van der Waals surface area contributed by atoms with E-state index in [2.05, 4.69) is 10.6 Å². The third kappa shape index (κ3) is 7.06. The van der Waals surface area contributed by atoms with Gasteiger partial charge in [-0.2, -0.15) is 4.31 Å². The summed E-state index contributed by atoms with van der Waals surface area (Å²) in [6, 6.07) is 11.3. The van der Waals surface area contributed by atoms with Crippen molar-refractivity contribution in [2.24, 2.45) is 0 Å². The Balaban J connectivity index is 1.98. The average Bonchev–Trinajstić information content (AvgIpc) is 2.70. The molecule has 10 heteroatoms. The number of likely N-dealkylation sites (N-methyl/N-ethyl adjacent to an activating group) is 1. The number of methoxy groups -OCH3 is 1. The fraction of sp³-hybridized carbons (Fsp3) is 0.333. The van der Waals surface area contributed by atoms with Gasteiger partial charge in [-0.05, 0) is 55.3 Å². The Morgan fingerprint density at radius 1 is 0.968 bits per heavy atom. The molecule has 2 rings (SSSR count). The SMILES string of the molecule is COCCOC(=O)Nc1cccc(NC(=O)CN(C)S(=O)(=O)c2ccc(C)c(C)c2)c1. The molecule has 31 heavy (non-hydrogen) atoms. The molecule has 0 saturated carbocycles. The quantitative estimate of drug-likeness (QED) is 0.569. The minimum Gasteiger partial charge on any atom is -0.447 e. The van der Waals surface area contributed by atoms with Gasteiger partial charge in [0, 0.05) is 25.5 Å². The number of amides is 2. The number of carbonyl (C=O) groups excluding carboxylic acids is 2. The molecule has 2 aromatic rings. The van der Waals surface area contributed by atoms with Gasteiger partial charge in [-0.15, -0.1) is 0 Å². The molecule has 0 fully saturated rings. The number of ether oxygens (including phenoxy) is 2. The molecule has 0 heterocycles. The lowest BCUT2D eigenvalue weighted by molar-refractivity contribution is -0.116. The summed E-state index contributed by atoms with van der Waals surface area (Å²) >= 11 is 0. The molecule has 0 aromatic heterocycles. The summed E-state index contributed by atoms with van der Waals surface area (Å²) in [7, 11) is -0.969. The number of hydrogen-bond donors (Lipinski definition) is 2. The molecule has 0 aliphatic carbocycles. The first-order chi connectivity index (χ1) is 14.6. The van der Waals surface area contributed by atoms with Crippen LogP contribution in [0.15, 0.2) is 47.4 Å². The van der Waals surface area contributed by atoms with Gasteiger partial charge in [0.25, 0.3) is 0 Å². The summed E-state index contributed by atoms with van der Waals surface area (Å²) in [4.78, 5) is 24.2. The van der Waals surface area contributed by atoms with E-state index in [1.807, 2.05) is 13.8 Å². The highest BCUT2D eigenvalue weighted by molar-refractivity contribution is 7.89. The van der Waals surface area contributed by atoms with E-state index in [9.17, 15) is 18.0 Å². The van der Waals surface area contributed by atoms with Gasteiger partial charge in [-0.3, -0.25) is 10.1 Å². The van der Waals surface area contributed by atoms with Crippen LogP contribution in [0.2, 0.25) is 0 Å². The maximum atomic E-state index is 12.7. The monoisotopic (exact) mass is 449 g/mol. The van der Waals surface area contributed by atoms with E-state index in [4.69, 9.17) is 9.47 Å². The molecule has 168 valence electrons. The maximum absolute atomic E-state index is 12.7. The second-order valence-corrected chi connectivity index (χ2v) is 8.93. The molecule has 0 radical (unpaired) electrons. The number of benzene rings is 2. The molecule has 2 amide bonds. The Labute approximate surface area is 182 Å². The van der Waals surface area contributed by atoms with Crippen molar-refractivity contribution >= 4 is 33.4 Å². The number of anilines is 2. The molecule has 0 atom stereocenters. The van der Waals surface area contributed by atoms with Gasteiger partial charge in [-0.1, -0.05) is 12.1 Å². The lowest BCUT2D eigenvalue weighted by Crippen LogP contribution is -2.35. The smallest absolute Gasteiger partial charge is 0.411 e. The van der Waals surface area contributed by atoms with E-state index < -0.39 is 22.0 Å². The zero-order valence-corrected chi connectivity index (χ0v) is 18.8. The third-order valence-corrected chi connectivity index (χ3v) is 6.27. The van der Waals surface area contributed by atoms with Crippen molar-refractivity contribution in [1.29, 1.82) is 0 Å². The highest BCUT2D eigenvalue weighted by Gasteiger charge is 2.23. The number of rotatable bonds is 9. The Hall–Kier alpha value is -2.95. The fourth-order valence-electron chi connectivity index (χ4n) is 2.59. The van der Waals surface area contributed by atoms with E-state index in [1.165, 1.54) is 26.3 Å². The molecule has 0 unspecified atom stereocenters. The summed E-state index contributed by atoms with van der Waals surface area (Å²) in [6.45, 7) is 3.74. The molecular formula is C21H27N3O6S. The van der Waals surface area contributed by atoms with Gasteiger partial charge in [0.05, 0.1) is 18.0 Å². The summed E-state index contributed by atoms with van der Waals surface area (Å²) in [5.41, 5.74) is 2.65. The van der Waals surface area contributed by atoms with Gasteiger partial charge in [0.2, 0.25) is 15.9 Å². The van der Waals surface area contributed by atoms with Crippen molar-refractivity contribution in [2.45, 2.75) is 18.7 Å². The average molecular weight is 450 g/mol. The maximum Gasteiger partial charge on any atom is 0.411 e. The number of aryl methyl sites for hydroxylation is 2. The largest absolute Gasteiger partial charge is 0.447 e. The van der Waals surface area contributed by atoms with E-state index in [0.29, 0.717) is 11.4 Å². The molecule has 0 bridgehead atoms. The number of carbonyl (C=O) groups is 2. The van der Waals surface area contributed by atoms with Gasteiger partial charge in [-0.25, -0.2) is 13.2 Å². The Morgan fingerprint density at radius 2 is 1.65 bits per heavy atom. The van der Waals surface area contributed by atoms with E-state index in [1.54, 1.807) is 30.3 Å². The van der Waals surface area contributed by atoms with E-state index in [-0.39, 0.29) is 24.7 Å². The molecule has 2 N–H and O–H groups in total. The van der Waals surface area contributed by atoms with Gasteiger partial charge in [0.1, 0.15) is 6.61 Å². The Morgan fingerprint density at radius 3 is 2.29 bits per heavy atom. The molecule has 0 aliphatic heterocycles. The molecule has 0 aliphatic rings. The van der Waals surface area contributed by atoms with Crippen LogP contribution in [0.25, 0.3) is 0 Å². The van der Waals surface area contributed by atoms with Crippen molar-refractivity contribution in [3.05, 3.63) is 53.6 Å². The van der Waals surface area contributed by atoms with Crippen LogP contribution in [0.1, 0.15) is 11.1 Å². The molecular weight excluding hydrogens is 422 g/mol. The molecule has 0 spiro atoms. The summed E-state index contributed by atoms with van der Waals surface area (Å²) in [6.07, 6.45) is -0.653. The van der Waals surface area contributed by atoms with Crippen molar-refractivity contribution in [3.63, 3.8) is 0 Å². The van der Waals surface area contributed by atoms with Gasteiger partial charge >= 0.3 is 6.09 Å². The third-order valence-electron chi connectivity index (χ3n) is 4.47. The first-order valence-electron chi connectivity index (χ1n) is 9.49. The van der Waals surface area contributed by atoms with Crippen LogP contribution < -0.4 is 10.6 Å². The first-order valence-corrected chi connectivity index (χ1v) is 10.9. The number of hydrogen-bond acceptors (Lipinski definition) is 6. The predicted octanol–water partition coefficient (Wildman–Crippen LogP) is 2.76. The van der Waals surface area contributed by atoms with Crippen molar-refractivity contribution in [3.8, 4) is 0 Å².